The number of hydrogen-bond donors (Lipinski definition) is 2. The van der Waals surface area contributed by atoms with Gasteiger partial charge in [-0.25, -0.2) is 14.8 Å². The van der Waals surface area contributed by atoms with Crippen molar-refractivity contribution in [3.05, 3.63) is 47.9 Å². The van der Waals surface area contributed by atoms with Gasteiger partial charge < -0.3 is 20.3 Å². The molecule has 0 saturated carbocycles. The minimum Gasteiger partial charge on any atom is -0.497 e. The fourth-order valence-electron chi connectivity index (χ4n) is 3.22. The largest absolute Gasteiger partial charge is 0.497 e. The maximum absolute atomic E-state index is 12.0. The molecule has 1 aliphatic rings. The van der Waals surface area contributed by atoms with Gasteiger partial charge in [0.25, 0.3) is 0 Å². The average molecular weight is 380 g/mol. The van der Waals surface area contributed by atoms with Crippen molar-refractivity contribution in [3.63, 3.8) is 0 Å². The maximum atomic E-state index is 12.0. The molecule has 0 spiro atoms. The van der Waals surface area contributed by atoms with Crippen LogP contribution in [0.5, 0.6) is 5.75 Å². The van der Waals surface area contributed by atoms with Crippen molar-refractivity contribution in [2.24, 2.45) is 5.92 Å². The maximum Gasteiger partial charge on any atom is 0.315 e. The van der Waals surface area contributed by atoms with Crippen LogP contribution in [-0.2, 0) is 6.54 Å². The normalized spacial score (nSPS) is 14.2. The number of nitrogens with zero attached hydrogens (tertiary/aromatic N) is 4. The van der Waals surface area contributed by atoms with Crippen LogP contribution in [0.15, 0.2) is 36.7 Å². The van der Waals surface area contributed by atoms with Gasteiger partial charge in [0, 0.05) is 38.6 Å². The second-order valence-corrected chi connectivity index (χ2v) is 6.68. The number of benzene rings is 1. The summed E-state index contributed by atoms with van der Waals surface area (Å²) in [6.45, 7) is 2.70. The number of carbonyl (C=O) groups excluding carboxylic acids is 1. The summed E-state index contributed by atoms with van der Waals surface area (Å²) in [5.41, 5.74) is 1.37. The zero-order chi connectivity index (χ0) is 19.8. The third-order valence-corrected chi connectivity index (χ3v) is 4.86. The molecule has 0 radical (unpaired) electrons. The standard InChI is InChI=1S/C20H24N6O2/c1-28-17-4-2-15(3-5-17)13-24-20(27)25-14-16-6-10-26(11-7-16)19-18(12-21)22-8-9-23-19/h2-5,8-9,16H,6-7,10-11,13-14H2,1H3,(H2,24,25,27). The quantitative estimate of drug-likeness (QED) is 0.795. The number of methoxy groups -OCH3 is 1. The summed E-state index contributed by atoms with van der Waals surface area (Å²) in [5.74, 6) is 1.85. The molecule has 1 saturated heterocycles. The van der Waals surface area contributed by atoms with Gasteiger partial charge in [0.15, 0.2) is 11.5 Å². The molecule has 0 bridgehead atoms. The number of amides is 2. The van der Waals surface area contributed by atoms with Crippen LogP contribution in [0.3, 0.4) is 0 Å². The summed E-state index contributed by atoms with van der Waals surface area (Å²) in [6.07, 6.45) is 5.00. The first-order valence-corrected chi connectivity index (χ1v) is 9.30. The van der Waals surface area contributed by atoms with Crippen molar-refractivity contribution in [2.45, 2.75) is 19.4 Å². The first kappa shape index (κ1) is 19.4. The highest BCUT2D eigenvalue weighted by Gasteiger charge is 2.22. The number of piperidine rings is 1. The van der Waals surface area contributed by atoms with Crippen LogP contribution < -0.4 is 20.3 Å². The second-order valence-electron chi connectivity index (χ2n) is 6.68. The molecule has 0 atom stereocenters. The first-order valence-electron chi connectivity index (χ1n) is 9.30. The molecule has 2 heterocycles. The van der Waals surface area contributed by atoms with E-state index in [1.54, 1.807) is 13.3 Å². The van der Waals surface area contributed by atoms with Crippen LogP contribution in [-0.4, -0.2) is 42.7 Å². The van der Waals surface area contributed by atoms with Crippen molar-refractivity contribution < 1.29 is 9.53 Å². The number of urea groups is 1. The molecule has 3 rings (SSSR count). The lowest BCUT2D eigenvalue weighted by atomic mass is 9.97. The van der Waals surface area contributed by atoms with Crippen LogP contribution in [0, 0.1) is 17.2 Å². The van der Waals surface area contributed by atoms with Gasteiger partial charge in [-0.3, -0.25) is 0 Å². The molecule has 146 valence electrons. The Morgan fingerprint density at radius 2 is 1.93 bits per heavy atom. The average Bonchev–Trinajstić information content (AvgIpc) is 2.77. The molecule has 1 aliphatic heterocycles. The zero-order valence-electron chi connectivity index (χ0n) is 15.9. The molecule has 8 heteroatoms. The van der Waals surface area contributed by atoms with E-state index in [-0.39, 0.29) is 6.03 Å². The molecule has 2 aromatic rings. The minimum atomic E-state index is -0.168. The van der Waals surface area contributed by atoms with Crippen molar-refractivity contribution >= 4 is 11.8 Å². The SMILES string of the molecule is COc1ccc(CNC(=O)NCC2CCN(c3nccnc3C#N)CC2)cc1. The highest BCUT2D eigenvalue weighted by atomic mass is 16.5. The fourth-order valence-corrected chi connectivity index (χ4v) is 3.22. The topological polar surface area (TPSA) is 103 Å². The molecule has 1 fully saturated rings. The highest BCUT2D eigenvalue weighted by molar-refractivity contribution is 5.73. The summed E-state index contributed by atoms with van der Waals surface area (Å²) < 4.78 is 5.12. The van der Waals surface area contributed by atoms with Crippen LogP contribution in [0.25, 0.3) is 0 Å². The van der Waals surface area contributed by atoms with E-state index in [1.165, 1.54) is 6.20 Å². The third kappa shape index (κ3) is 5.10. The predicted molar refractivity (Wildman–Crippen MR) is 105 cm³/mol. The third-order valence-electron chi connectivity index (χ3n) is 4.86. The number of carbonyl (C=O) groups is 1. The van der Waals surface area contributed by atoms with Gasteiger partial charge in [-0.05, 0) is 36.5 Å². The number of ether oxygens (including phenoxy) is 1. The van der Waals surface area contributed by atoms with Crippen LogP contribution >= 0.6 is 0 Å². The number of hydrogen-bond acceptors (Lipinski definition) is 6. The molecular weight excluding hydrogens is 356 g/mol. The van der Waals surface area contributed by atoms with Crippen LogP contribution in [0.4, 0.5) is 10.6 Å². The van der Waals surface area contributed by atoms with Gasteiger partial charge in [0.1, 0.15) is 11.8 Å². The number of aromatic nitrogens is 2. The number of nitriles is 1. The predicted octanol–water partition coefficient (Wildman–Crippen LogP) is 2.07. The Bertz CT molecular complexity index is 825. The van der Waals surface area contributed by atoms with Gasteiger partial charge in [-0.2, -0.15) is 5.26 Å². The summed E-state index contributed by atoms with van der Waals surface area (Å²) in [4.78, 5) is 22.5. The Hall–Kier alpha value is -3.34. The molecule has 28 heavy (non-hydrogen) atoms. The molecule has 8 nitrogen and oxygen atoms in total. The van der Waals surface area contributed by atoms with E-state index in [1.807, 2.05) is 24.3 Å². The highest BCUT2D eigenvalue weighted by Crippen LogP contribution is 2.22. The van der Waals surface area contributed by atoms with Crippen molar-refractivity contribution in [1.82, 2.24) is 20.6 Å². The van der Waals surface area contributed by atoms with E-state index >= 15 is 0 Å². The van der Waals surface area contributed by atoms with E-state index < -0.39 is 0 Å². The smallest absolute Gasteiger partial charge is 0.315 e. The van der Waals surface area contributed by atoms with E-state index in [2.05, 4.69) is 31.6 Å². The summed E-state index contributed by atoms with van der Waals surface area (Å²) in [6, 6.07) is 9.52. The molecular formula is C20H24N6O2. The van der Waals surface area contributed by atoms with E-state index in [0.717, 1.165) is 37.2 Å². The van der Waals surface area contributed by atoms with Crippen LogP contribution in [0.1, 0.15) is 24.1 Å². The Kier molecular flexibility index (Phi) is 6.63. The lowest BCUT2D eigenvalue weighted by Crippen LogP contribution is -2.42. The Labute approximate surface area is 164 Å². The molecule has 0 aliphatic carbocycles. The van der Waals surface area contributed by atoms with E-state index in [9.17, 15) is 4.79 Å². The van der Waals surface area contributed by atoms with Gasteiger partial charge in [-0.15, -0.1) is 0 Å². The number of rotatable bonds is 6. The van der Waals surface area contributed by atoms with Gasteiger partial charge in [0.2, 0.25) is 0 Å². The fraction of sp³-hybridized carbons (Fsp3) is 0.400. The molecule has 1 aromatic carbocycles. The van der Waals surface area contributed by atoms with Crippen molar-refractivity contribution in [3.8, 4) is 11.8 Å². The minimum absolute atomic E-state index is 0.168. The number of nitrogens with one attached hydrogen (secondary N) is 2. The van der Waals surface area contributed by atoms with E-state index in [0.29, 0.717) is 30.5 Å². The first-order chi connectivity index (χ1) is 13.7. The van der Waals surface area contributed by atoms with Gasteiger partial charge >= 0.3 is 6.03 Å². The Balaban J connectivity index is 1.39. The lowest BCUT2D eigenvalue weighted by molar-refractivity contribution is 0.237. The van der Waals surface area contributed by atoms with E-state index in [4.69, 9.17) is 10.00 Å². The number of anilines is 1. The summed E-state index contributed by atoms with van der Waals surface area (Å²) in [5, 5.41) is 15.0. The van der Waals surface area contributed by atoms with Crippen LogP contribution in [0.2, 0.25) is 0 Å². The molecule has 1 aromatic heterocycles. The Morgan fingerprint density at radius 3 is 2.61 bits per heavy atom. The van der Waals surface area contributed by atoms with Gasteiger partial charge in [-0.1, -0.05) is 12.1 Å². The van der Waals surface area contributed by atoms with Crippen molar-refractivity contribution in [1.29, 1.82) is 5.26 Å². The molecule has 2 amide bonds. The lowest BCUT2D eigenvalue weighted by Gasteiger charge is -2.32. The monoisotopic (exact) mass is 380 g/mol. The molecule has 0 unspecified atom stereocenters. The van der Waals surface area contributed by atoms with Crippen molar-refractivity contribution in [2.75, 3.05) is 31.6 Å². The molecule has 2 N–H and O–H groups in total. The second kappa shape index (κ2) is 9.55. The van der Waals surface area contributed by atoms with Gasteiger partial charge in [0.05, 0.1) is 7.11 Å². The zero-order valence-corrected chi connectivity index (χ0v) is 15.9. The summed E-state index contributed by atoms with van der Waals surface area (Å²) in [7, 11) is 1.63. The summed E-state index contributed by atoms with van der Waals surface area (Å²) >= 11 is 0. The Morgan fingerprint density at radius 1 is 1.21 bits per heavy atom.